The average Bonchev–Trinajstić information content (AvgIpc) is 2.91. The van der Waals surface area contributed by atoms with Crippen LogP contribution in [0.2, 0.25) is 0 Å². The third kappa shape index (κ3) is 2.61. The van der Waals surface area contributed by atoms with Gasteiger partial charge in [0.15, 0.2) is 5.75 Å². The molecule has 0 bridgehead atoms. The molecule has 3 N–H and O–H groups in total. The number of nitrogens with zero attached hydrogens (tertiary/aromatic N) is 2. The molecule has 6 heteroatoms. The number of hydrazine groups is 1. The number of nitrogens with two attached hydrogens (primary N) is 1. The molecule has 108 valence electrons. The minimum atomic E-state index is -0.220. The predicted octanol–water partition coefficient (Wildman–Crippen LogP) is 1.47. The predicted molar refractivity (Wildman–Crippen MR) is 76.6 cm³/mol. The molecule has 1 unspecified atom stereocenters. The molecule has 0 radical (unpaired) electrons. The summed E-state index contributed by atoms with van der Waals surface area (Å²) in [6, 6.07) is 7.53. The summed E-state index contributed by atoms with van der Waals surface area (Å²) in [6.45, 7) is 2.76. The Morgan fingerprint density at radius 1 is 1.35 bits per heavy atom. The first-order valence-electron chi connectivity index (χ1n) is 6.44. The van der Waals surface area contributed by atoms with Crippen molar-refractivity contribution in [2.24, 2.45) is 5.84 Å². The van der Waals surface area contributed by atoms with Gasteiger partial charge >= 0.3 is 0 Å². The van der Waals surface area contributed by atoms with Crippen LogP contribution >= 0.6 is 0 Å². The Bertz CT molecular complexity index is 547. The van der Waals surface area contributed by atoms with Gasteiger partial charge in [-0.25, -0.2) is 5.43 Å². The van der Waals surface area contributed by atoms with Crippen LogP contribution in [0.15, 0.2) is 30.5 Å². The minimum absolute atomic E-state index is 0.220. The Hall–Kier alpha value is -2.05. The van der Waals surface area contributed by atoms with Crippen LogP contribution in [-0.4, -0.2) is 24.0 Å². The molecule has 2 aromatic rings. The molecule has 0 aliphatic heterocycles. The van der Waals surface area contributed by atoms with Crippen molar-refractivity contribution in [2.75, 3.05) is 14.2 Å². The lowest BCUT2D eigenvalue weighted by Gasteiger charge is -2.19. The van der Waals surface area contributed by atoms with E-state index >= 15 is 0 Å². The van der Waals surface area contributed by atoms with E-state index in [2.05, 4.69) is 10.5 Å². The first-order chi connectivity index (χ1) is 9.74. The molecular weight excluding hydrogens is 256 g/mol. The molecular formula is C14H20N4O2. The molecule has 0 aliphatic carbocycles. The third-order valence-electron chi connectivity index (χ3n) is 3.23. The molecule has 1 aromatic carbocycles. The van der Waals surface area contributed by atoms with E-state index in [4.69, 9.17) is 15.3 Å². The van der Waals surface area contributed by atoms with Crippen LogP contribution in [0, 0.1) is 0 Å². The molecule has 0 amide bonds. The van der Waals surface area contributed by atoms with Gasteiger partial charge in [-0.2, -0.15) is 5.10 Å². The molecule has 0 spiro atoms. The fraction of sp³-hybridized carbons (Fsp3) is 0.357. The summed E-state index contributed by atoms with van der Waals surface area (Å²) >= 11 is 0. The van der Waals surface area contributed by atoms with Crippen LogP contribution in [0.3, 0.4) is 0 Å². The van der Waals surface area contributed by atoms with Gasteiger partial charge in [-0.05, 0) is 24.6 Å². The highest BCUT2D eigenvalue weighted by Crippen LogP contribution is 2.30. The van der Waals surface area contributed by atoms with Crippen molar-refractivity contribution in [3.63, 3.8) is 0 Å². The molecule has 6 nitrogen and oxygen atoms in total. The summed E-state index contributed by atoms with van der Waals surface area (Å²) in [5.41, 5.74) is 4.71. The SMILES string of the molecule is CCn1ncc(OC)c1C(NN)c1cccc(OC)c1. The number of rotatable bonds is 6. The van der Waals surface area contributed by atoms with Gasteiger partial charge in [-0.15, -0.1) is 0 Å². The molecule has 2 rings (SSSR count). The van der Waals surface area contributed by atoms with E-state index in [1.54, 1.807) is 20.4 Å². The van der Waals surface area contributed by atoms with Crippen LogP contribution in [0.25, 0.3) is 0 Å². The lowest BCUT2D eigenvalue weighted by atomic mass is 10.0. The van der Waals surface area contributed by atoms with Crippen LogP contribution in [0.5, 0.6) is 11.5 Å². The summed E-state index contributed by atoms with van der Waals surface area (Å²) < 4.78 is 12.5. The molecule has 20 heavy (non-hydrogen) atoms. The van der Waals surface area contributed by atoms with Crippen molar-refractivity contribution in [1.29, 1.82) is 0 Å². The smallest absolute Gasteiger partial charge is 0.161 e. The lowest BCUT2D eigenvalue weighted by Crippen LogP contribution is -2.31. The van der Waals surface area contributed by atoms with Gasteiger partial charge in [0, 0.05) is 6.54 Å². The molecule has 0 saturated heterocycles. The monoisotopic (exact) mass is 276 g/mol. The van der Waals surface area contributed by atoms with Crippen molar-refractivity contribution in [3.8, 4) is 11.5 Å². The van der Waals surface area contributed by atoms with Gasteiger partial charge in [0.05, 0.1) is 26.5 Å². The Morgan fingerprint density at radius 3 is 2.75 bits per heavy atom. The highest BCUT2D eigenvalue weighted by atomic mass is 16.5. The Labute approximate surface area is 118 Å². The van der Waals surface area contributed by atoms with Gasteiger partial charge in [0.1, 0.15) is 11.4 Å². The zero-order valence-corrected chi connectivity index (χ0v) is 12.0. The van der Waals surface area contributed by atoms with Gasteiger partial charge in [0.25, 0.3) is 0 Å². The average molecular weight is 276 g/mol. The van der Waals surface area contributed by atoms with E-state index < -0.39 is 0 Å². The molecule has 1 heterocycles. The second-order valence-electron chi connectivity index (χ2n) is 4.29. The summed E-state index contributed by atoms with van der Waals surface area (Å²) in [6.07, 6.45) is 1.70. The fourth-order valence-electron chi connectivity index (χ4n) is 2.23. The topological polar surface area (TPSA) is 74.3 Å². The Kier molecular flexibility index (Phi) is 4.60. The quantitative estimate of drug-likeness (QED) is 0.617. The fourth-order valence-corrected chi connectivity index (χ4v) is 2.23. The van der Waals surface area contributed by atoms with E-state index in [1.807, 2.05) is 35.9 Å². The van der Waals surface area contributed by atoms with Crippen molar-refractivity contribution in [3.05, 3.63) is 41.7 Å². The maximum absolute atomic E-state index is 5.75. The summed E-state index contributed by atoms with van der Waals surface area (Å²) in [5, 5.41) is 4.31. The Morgan fingerprint density at radius 2 is 2.15 bits per heavy atom. The maximum Gasteiger partial charge on any atom is 0.161 e. The molecule has 1 atom stereocenters. The van der Waals surface area contributed by atoms with Gasteiger partial charge in [-0.3, -0.25) is 10.5 Å². The van der Waals surface area contributed by atoms with Gasteiger partial charge in [0.2, 0.25) is 0 Å². The van der Waals surface area contributed by atoms with Gasteiger partial charge < -0.3 is 9.47 Å². The highest BCUT2D eigenvalue weighted by molar-refractivity contribution is 5.39. The van der Waals surface area contributed by atoms with Crippen molar-refractivity contribution >= 4 is 0 Å². The zero-order valence-electron chi connectivity index (χ0n) is 12.0. The van der Waals surface area contributed by atoms with E-state index in [9.17, 15) is 0 Å². The van der Waals surface area contributed by atoms with Crippen LogP contribution in [0.4, 0.5) is 0 Å². The van der Waals surface area contributed by atoms with E-state index in [0.717, 1.165) is 23.6 Å². The number of hydrogen-bond acceptors (Lipinski definition) is 5. The maximum atomic E-state index is 5.75. The molecule has 0 saturated carbocycles. The zero-order chi connectivity index (χ0) is 14.5. The van der Waals surface area contributed by atoms with Crippen LogP contribution < -0.4 is 20.7 Å². The minimum Gasteiger partial charge on any atom is -0.497 e. The summed E-state index contributed by atoms with van der Waals surface area (Å²) in [4.78, 5) is 0. The van der Waals surface area contributed by atoms with Crippen molar-refractivity contribution in [2.45, 2.75) is 19.5 Å². The van der Waals surface area contributed by atoms with Crippen molar-refractivity contribution in [1.82, 2.24) is 15.2 Å². The van der Waals surface area contributed by atoms with E-state index in [1.165, 1.54) is 0 Å². The second-order valence-corrected chi connectivity index (χ2v) is 4.29. The first-order valence-corrected chi connectivity index (χ1v) is 6.44. The lowest BCUT2D eigenvalue weighted by molar-refractivity contribution is 0.398. The van der Waals surface area contributed by atoms with E-state index in [-0.39, 0.29) is 6.04 Å². The number of aromatic nitrogens is 2. The number of aryl methyl sites for hydroxylation is 1. The molecule has 0 fully saturated rings. The number of nitrogens with one attached hydrogen (secondary N) is 1. The van der Waals surface area contributed by atoms with Crippen LogP contribution in [-0.2, 0) is 6.54 Å². The van der Waals surface area contributed by atoms with Crippen molar-refractivity contribution < 1.29 is 9.47 Å². The molecule has 1 aromatic heterocycles. The second kappa shape index (κ2) is 6.40. The Balaban J connectivity index is 2.48. The third-order valence-corrected chi connectivity index (χ3v) is 3.23. The summed E-state index contributed by atoms with van der Waals surface area (Å²) in [5.74, 6) is 7.24. The van der Waals surface area contributed by atoms with Crippen LogP contribution in [0.1, 0.15) is 24.2 Å². The summed E-state index contributed by atoms with van der Waals surface area (Å²) in [7, 11) is 3.26. The number of benzene rings is 1. The van der Waals surface area contributed by atoms with E-state index in [0.29, 0.717) is 5.75 Å². The number of hydrogen-bond donors (Lipinski definition) is 2. The standard InChI is InChI=1S/C14H20N4O2/c1-4-18-14(12(20-3)9-16-18)13(17-15)10-6-5-7-11(8-10)19-2/h5-9,13,17H,4,15H2,1-3H3. The number of methoxy groups -OCH3 is 2. The molecule has 0 aliphatic rings. The normalized spacial score (nSPS) is 12.2. The first kappa shape index (κ1) is 14.4. The largest absolute Gasteiger partial charge is 0.497 e. The highest BCUT2D eigenvalue weighted by Gasteiger charge is 2.22. The number of ether oxygens (including phenoxy) is 2. The van der Waals surface area contributed by atoms with Gasteiger partial charge in [-0.1, -0.05) is 12.1 Å².